The first-order valence-corrected chi connectivity index (χ1v) is 10.5. The second-order valence-corrected chi connectivity index (χ2v) is 8.04. The van der Waals surface area contributed by atoms with Gasteiger partial charge in [-0.1, -0.05) is 42.5 Å². The topological polar surface area (TPSA) is 76.6 Å². The quantitative estimate of drug-likeness (QED) is 0.605. The van der Waals surface area contributed by atoms with Gasteiger partial charge in [-0.3, -0.25) is 4.79 Å². The van der Waals surface area contributed by atoms with Crippen molar-refractivity contribution in [1.82, 2.24) is 21.1 Å². The second-order valence-electron chi connectivity index (χ2n) is 8.04. The van der Waals surface area contributed by atoms with E-state index in [1.165, 1.54) is 18.4 Å². The van der Waals surface area contributed by atoms with Crippen molar-refractivity contribution in [2.24, 2.45) is 0 Å². The molecule has 154 valence electrons. The summed E-state index contributed by atoms with van der Waals surface area (Å²) in [5, 5.41) is 12.5. The zero-order valence-corrected chi connectivity index (χ0v) is 16.7. The number of likely N-dealkylation sites (tertiary alicyclic amines) is 1. The minimum Gasteiger partial charge on any atom is -0.508 e. The van der Waals surface area contributed by atoms with Crippen LogP contribution in [-0.4, -0.2) is 48.1 Å². The van der Waals surface area contributed by atoms with Gasteiger partial charge in [0.1, 0.15) is 11.8 Å². The Kier molecular flexibility index (Phi) is 6.44. The van der Waals surface area contributed by atoms with E-state index in [4.69, 9.17) is 0 Å². The van der Waals surface area contributed by atoms with Gasteiger partial charge in [-0.15, -0.1) is 0 Å². The van der Waals surface area contributed by atoms with E-state index in [0.717, 1.165) is 25.2 Å². The van der Waals surface area contributed by atoms with Gasteiger partial charge in [0.05, 0.1) is 0 Å². The second kappa shape index (κ2) is 9.39. The van der Waals surface area contributed by atoms with Gasteiger partial charge in [0, 0.05) is 19.1 Å². The lowest BCUT2D eigenvalue weighted by Crippen LogP contribution is -2.46. The third-order valence-corrected chi connectivity index (χ3v) is 6.10. The summed E-state index contributed by atoms with van der Waals surface area (Å²) in [5.41, 5.74) is 8.78. The number of aromatic hydroxyl groups is 1. The van der Waals surface area contributed by atoms with Crippen molar-refractivity contribution in [3.63, 3.8) is 0 Å². The Bertz CT molecular complexity index is 788. The third kappa shape index (κ3) is 5.15. The van der Waals surface area contributed by atoms with Crippen molar-refractivity contribution < 1.29 is 9.90 Å². The lowest BCUT2D eigenvalue weighted by atomic mass is 9.89. The van der Waals surface area contributed by atoms with Gasteiger partial charge in [-0.25, -0.2) is 10.9 Å². The van der Waals surface area contributed by atoms with Crippen LogP contribution in [0, 0.1) is 0 Å². The van der Waals surface area contributed by atoms with Crippen LogP contribution in [-0.2, 0) is 4.79 Å². The van der Waals surface area contributed by atoms with Gasteiger partial charge >= 0.3 is 0 Å². The molecule has 2 fully saturated rings. The van der Waals surface area contributed by atoms with Crippen LogP contribution in [0.1, 0.15) is 42.3 Å². The van der Waals surface area contributed by atoms with Crippen LogP contribution < -0.4 is 16.2 Å². The van der Waals surface area contributed by atoms with Crippen LogP contribution in [0.15, 0.2) is 54.6 Å². The summed E-state index contributed by atoms with van der Waals surface area (Å²) in [5.74, 6) is 0.951. The zero-order valence-electron chi connectivity index (χ0n) is 16.7. The molecule has 2 saturated heterocycles. The summed E-state index contributed by atoms with van der Waals surface area (Å²) in [6.45, 7) is 3.74. The minimum atomic E-state index is -0.238. The number of piperidine rings is 1. The van der Waals surface area contributed by atoms with E-state index < -0.39 is 0 Å². The Labute approximate surface area is 172 Å². The molecule has 0 radical (unpaired) electrons. The number of nitrogens with zero attached hydrogens (tertiary/aromatic N) is 1. The molecule has 0 saturated carbocycles. The highest BCUT2D eigenvalue weighted by Crippen LogP contribution is 2.27. The summed E-state index contributed by atoms with van der Waals surface area (Å²) < 4.78 is 0. The lowest BCUT2D eigenvalue weighted by Gasteiger charge is -2.32. The first-order chi connectivity index (χ1) is 14.2. The number of hydrazine groups is 1. The van der Waals surface area contributed by atoms with Gasteiger partial charge in [0.25, 0.3) is 0 Å². The van der Waals surface area contributed by atoms with Crippen molar-refractivity contribution in [2.45, 2.75) is 37.3 Å². The summed E-state index contributed by atoms with van der Waals surface area (Å²) in [6.07, 6.45) is 3.06. The molecule has 2 atom stereocenters. The molecule has 1 amide bonds. The summed E-state index contributed by atoms with van der Waals surface area (Å²) >= 11 is 0. The monoisotopic (exact) mass is 394 g/mol. The molecule has 0 aromatic heterocycles. The van der Waals surface area contributed by atoms with Crippen molar-refractivity contribution in [3.05, 3.63) is 65.7 Å². The maximum absolute atomic E-state index is 12.5. The van der Waals surface area contributed by atoms with Crippen LogP contribution >= 0.6 is 0 Å². The molecular weight excluding hydrogens is 364 g/mol. The largest absolute Gasteiger partial charge is 0.508 e. The van der Waals surface area contributed by atoms with Gasteiger partial charge < -0.3 is 15.3 Å². The molecule has 0 aliphatic carbocycles. The van der Waals surface area contributed by atoms with E-state index in [2.05, 4.69) is 51.4 Å². The van der Waals surface area contributed by atoms with Crippen LogP contribution in [0.3, 0.4) is 0 Å². The van der Waals surface area contributed by atoms with Gasteiger partial charge in [-0.05, 0) is 61.5 Å². The minimum absolute atomic E-state index is 0.0398. The average Bonchev–Trinajstić information content (AvgIpc) is 3.26. The van der Waals surface area contributed by atoms with E-state index in [-0.39, 0.29) is 23.7 Å². The fourth-order valence-corrected chi connectivity index (χ4v) is 4.33. The van der Waals surface area contributed by atoms with Gasteiger partial charge in [0.2, 0.25) is 5.91 Å². The molecule has 6 heteroatoms. The molecule has 2 aromatic carbocycles. The van der Waals surface area contributed by atoms with Crippen molar-refractivity contribution in [2.75, 3.05) is 26.2 Å². The molecule has 29 heavy (non-hydrogen) atoms. The Morgan fingerprint density at radius 2 is 1.72 bits per heavy atom. The zero-order chi connectivity index (χ0) is 20.1. The number of benzene rings is 2. The third-order valence-electron chi connectivity index (χ3n) is 6.10. The summed E-state index contributed by atoms with van der Waals surface area (Å²) in [6, 6.07) is 17.7. The number of phenols is 1. The highest BCUT2D eigenvalue weighted by Gasteiger charge is 2.30. The molecule has 0 spiro atoms. The lowest BCUT2D eigenvalue weighted by molar-refractivity contribution is -0.122. The van der Waals surface area contributed by atoms with E-state index in [9.17, 15) is 9.90 Å². The van der Waals surface area contributed by atoms with Crippen molar-refractivity contribution >= 4 is 5.91 Å². The number of phenolic OH excluding ortho intramolecular Hbond substituents is 1. The number of hydrogen-bond donors (Lipinski definition) is 4. The Balaban J connectivity index is 1.16. The molecule has 0 bridgehead atoms. The highest BCUT2D eigenvalue weighted by molar-refractivity contribution is 5.82. The summed E-state index contributed by atoms with van der Waals surface area (Å²) in [7, 11) is 0. The Morgan fingerprint density at radius 3 is 2.45 bits per heavy atom. The maximum atomic E-state index is 12.5. The highest BCUT2D eigenvalue weighted by atomic mass is 16.3. The molecule has 2 aromatic rings. The number of rotatable bonds is 6. The first-order valence-electron chi connectivity index (χ1n) is 10.5. The van der Waals surface area contributed by atoms with Crippen LogP contribution in [0.5, 0.6) is 5.75 Å². The Hall–Kier alpha value is -2.41. The molecule has 2 aliphatic heterocycles. The first kappa shape index (κ1) is 19.9. The molecule has 4 rings (SSSR count). The average molecular weight is 395 g/mol. The summed E-state index contributed by atoms with van der Waals surface area (Å²) in [4.78, 5) is 14.9. The fourth-order valence-electron chi connectivity index (χ4n) is 4.33. The standard InChI is InChI=1S/C23H30N4O2/c28-20-8-6-19(7-9-20)21-16-22(26-25-21)23(29)24-12-15-27-13-10-18(11-14-27)17-4-2-1-3-5-17/h1-9,18,21-22,25-26,28H,10-16H2,(H,24,29). The van der Waals surface area contributed by atoms with E-state index in [1.54, 1.807) is 12.1 Å². The number of carbonyl (C=O) groups is 1. The smallest absolute Gasteiger partial charge is 0.238 e. The maximum Gasteiger partial charge on any atom is 0.238 e. The Morgan fingerprint density at radius 1 is 1.00 bits per heavy atom. The number of nitrogens with one attached hydrogen (secondary N) is 3. The van der Waals surface area contributed by atoms with Crippen LogP contribution in [0.25, 0.3) is 0 Å². The fraction of sp³-hybridized carbons (Fsp3) is 0.435. The SMILES string of the molecule is O=C(NCCN1CCC(c2ccccc2)CC1)C1CC(c2ccc(O)cc2)NN1. The number of carbonyl (C=O) groups excluding carboxylic acids is 1. The predicted octanol–water partition coefficient (Wildman–Crippen LogP) is 2.30. The molecule has 4 N–H and O–H groups in total. The number of amides is 1. The molecular formula is C23H30N4O2. The van der Waals surface area contributed by atoms with E-state index in [0.29, 0.717) is 18.9 Å². The number of hydrogen-bond acceptors (Lipinski definition) is 5. The van der Waals surface area contributed by atoms with E-state index >= 15 is 0 Å². The molecule has 2 heterocycles. The van der Waals surface area contributed by atoms with Gasteiger partial charge in [0.15, 0.2) is 0 Å². The van der Waals surface area contributed by atoms with E-state index in [1.807, 2.05) is 12.1 Å². The van der Waals surface area contributed by atoms with Crippen molar-refractivity contribution in [1.29, 1.82) is 0 Å². The molecule has 2 aliphatic rings. The molecule has 2 unspecified atom stereocenters. The molecule has 6 nitrogen and oxygen atoms in total. The van der Waals surface area contributed by atoms with Crippen LogP contribution in [0.4, 0.5) is 0 Å². The normalized spacial score (nSPS) is 23.2. The predicted molar refractivity (Wildman–Crippen MR) is 113 cm³/mol. The van der Waals surface area contributed by atoms with Crippen LogP contribution in [0.2, 0.25) is 0 Å². The van der Waals surface area contributed by atoms with Crippen molar-refractivity contribution in [3.8, 4) is 5.75 Å². The van der Waals surface area contributed by atoms with Gasteiger partial charge in [-0.2, -0.15) is 0 Å².